The smallest absolute Gasteiger partial charge is 0.205 e. The molecule has 1 heterocycles. The number of fused-ring (bicyclic) bond motifs is 1. The van der Waals surface area contributed by atoms with Gasteiger partial charge >= 0.3 is 0 Å². The molecule has 0 fully saturated rings. The van der Waals surface area contributed by atoms with Gasteiger partial charge in [0.2, 0.25) is 5.95 Å². The van der Waals surface area contributed by atoms with E-state index in [1.54, 1.807) is 10.6 Å². The molecule has 6 heteroatoms. The van der Waals surface area contributed by atoms with E-state index in [1.165, 1.54) is 12.1 Å². The normalized spacial score (nSPS) is 11.2. The molecule has 102 valence electrons. The van der Waals surface area contributed by atoms with E-state index in [-0.39, 0.29) is 11.0 Å². The second-order valence-corrected chi connectivity index (χ2v) is 5.28. The Labute approximate surface area is 124 Å². The first kappa shape index (κ1) is 13.2. The molecule has 0 amide bonds. The maximum Gasteiger partial charge on any atom is 0.205 e. The second kappa shape index (κ2) is 4.65. The first-order valence-corrected chi connectivity index (χ1v) is 6.63. The van der Waals surface area contributed by atoms with E-state index in [0.29, 0.717) is 16.1 Å². The molecule has 0 spiro atoms. The maximum atomic E-state index is 13.5. The highest BCUT2D eigenvalue weighted by atomic mass is 35.5. The molecule has 0 radical (unpaired) electrons. The third-order valence-electron chi connectivity index (χ3n) is 3.13. The number of rotatable bonds is 1. The molecule has 0 saturated carbocycles. The molecule has 1 aromatic heterocycles. The Bertz CT molecular complexity index is 807. The molecule has 0 aliphatic carbocycles. The predicted octanol–water partition coefficient (Wildman–Crippen LogP) is 4.36. The van der Waals surface area contributed by atoms with Gasteiger partial charge in [-0.1, -0.05) is 35.3 Å². The van der Waals surface area contributed by atoms with E-state index >= 15 is 0 Å². The molecule has 3 aromatic rings. The van der Waals surface area contributed by atoms with Crippen molar-refractivity contribution in [2.75, 3.05) is 5.73 Å². The van der Waals surface area contributed by atoms with Crippen LogP contribution in [0.3, 0.4) is 0 Å². The molecule has 3 rings (SSSR count). The summed E-state index contributed by atoms with van der Waals surface area (Å²) in [4.78, 5) is 4.16. The summed E-state index contributed by atoms with van der Waals surface area (Å²) in [6.07, 6.45) is 0. The number of anilines is 1. The predicted molar refractivity (Wildman–Crippen MR) is 80.2 cm³/mol. The molecular formula is C14H10Cl2FN3. The van der Waals surface area contributed by atoms with E-state index in [1.807, 2.05) is 19.1 Å². The number of aromatic nitrogens is 2. The van der Waals surface area contributed by atoms with Gasteiger partial charge in [-0.15, -0.1) is 0 Å². The topological polar surface area (TPSA) is 43.8 Å². The Morgan fingerprint density at radius 3 is 2.65 bits per heavy atom. The van der Waals surface area contributed by atoms with Crippen LogP contribution in [0.4, 0.5) is 10.3 Å². The number of hydrogen-bond acceptors (Lipinski definition) is 2. The number of para-hydroxylation sites is 1. The average Bonchev–Trinajstić information content (AvgIpc) is 2.67. The van der Waals surface area contributed by atoms with E-state index in [4.69, 9.17) is 28.9 Å². The lowest BCUT2D eigenvalue weighted by Gasteiger charge is -2.12. The van der Waals surface area contributed by atoms with Gasteiger partial charge in [-0.3, -0.25) is 4.57 Å². The highest BCUT2D eigenvalue weighted by Gasteiger charge is 2.16. The van der Waals surface area contributed by atoms with E-state index in [2.05, 4.69) is 4.98 Å². The second-order valence-electron chi connectivity index (χ2n) is 4.47. The molecule has 20 heavy (non-hydrogen) atoms. The number of benzene rings is 2. The summed E-state index contributed by atoms with van der Waals surface area (Å²) in [5.74, 6) is -0.294. The average molecular weight is 310 g/mol. The summed E-state index contributed by atoms with van der Waals surface area (Å²) < 4.78 is 15.2. The van der Waals surface area contributed by atoms with Crippen molar-refractivity contribution in [2.24, 2.45) is 0 Å². The van der Waals surface area contributed by atoms with Gasteiger partial charge in [0.15, 0.2) is 0 Å². The molecule has 0 unspecified atom stereocenters. The quantitative estimate of drug-likeness (QED) is 0.725. The molecule has 3 nitrogen and oxygen atoms in total. The Balaban J connectivity index is 2.42. The van der Waals surface area contributed by atoms with Gasteiger partial charge in [-0.2, -0.15) is 0 Å². The Kier molecular flexibility index (Phi) is 3.07. The standard InChI is InChI=1S/C14H10Cl2FN3/c1-7-3-2-4-8(15)13(7)20-12-5-9(16)10(17)6-11(12)19-14(20)18/h2-6H,1H3,(H2,18,19). The summed E-state index contributed by atoms with van der Waals surface area (Å²) >= 11 is 12.1. The van der Waals surface area contributed by atoms with Crippen molar-refractivity contribution in [2.45, 2.75) is 6.92 Å². The number of hydrogen-bond donors (Lipinski definition) is 1. The molecule has 0 atom stereocenters. The van der Waals surface area contributed by atoms with Crippen LogP contribution >= 0.6 is 23.2 Å². The number of halogens is 3. The first-order valence-electron chi connectivity index (χ1n) is 5.87. The molecule has 0 saturated heterocycles. The van der Waals surface area contributed by atoms with E-state index < -0.39 is 5.82 Å². The van der Waals surface area contributed by atoms with E-state index in [0.717, 1.165) is 11.3 Å². The molecule has 0 bridgehead atoms. The van der Waals surface area contributed by atoms with Gasteiger partial charge < -0.3 is 5.73 Å². The van der Waals surface area contributed by atoms with Crippen LogP contribution in [0.1, 0.15) is 5.56 Å². The van der Waals surface area contributed by atoms with Crippen molar-refractivity contribution >= 4 is 40.2 Å². The van der Waals surface area contributed by atoms with Crippen LogP contribution in [0.15, 0.2) is 30.3 Å². The van der Waals surface area contributed by atoms with E-state index in [9.17, 15) is 4.39 Å². The Morgan fingerprint density at radius 1 is 1.20 bits per heavy atom. The van der Waals surface area contributed by atoms with Gasteiger partial charge in [0.05, 0.1) is 26.8 Å². The molecule has 2 aromatic carbocycles. The molecule has 2 N–H and O–H groups in total. The number of aryl methyl sites for hydroxylation is 1. The SMILES string of the molecule is Cc1cccc(Cl)c1-n1c(N)nc2cc(F)c(Cl)cc21. The minimum absolute atomic E-state index is 0.0170. The van der Waals surface area contributed by atoms with Crippen LogP contribution in [-0.2, 0) is 0 Å². The number of imidazole rings is 1. The molecule has 0 aliphatic heterocycles. The monoisotopic (exact) mass is 309 g/mol. The summed E-state index contributed by atoms with van der Waals surface area (Å²) in [5, 5.41) is 0.555. The summed E-state index contributed by atoms with van der Waals surface area (Å²) in [5.41, 5.74) is 8.65. The van der Waals surface area contributed by atoms with Crippen LogP contribution < -0.4 is 5.73 Å². The van der Waals surface area contributed by atoms with Crippen molar-refractivity contribution in [3.05, 3.63) is 51.8 Å². The lowest BCUT2D eigenvalue weighted by atomic mass is 10.2. The highest BCUT2D eigenvalue weighted by Crippen LogP contribution is 2.32. The molecule has 0 aliphatic rings. The summed E-state index contributed by atoms with van der Waals surface area (Å²) in [7, 11) is 0. The summed E-state index contributed by atoms with van der Waals surface area (Å²) in [6.45, 7) is 1.91. The van der Waals surface area contributed by atoms with Crippen LogP contribution in [0, 0.1) is 12.7 Å². The minimum atomic E-state index is -0.528. The fourth-order valence-electron chi connectivity index (χ4n) is 2.23. The lowest BCUT2D eigenvalue weighted by molar-refractivity contribution is 0.630. The fraction of sp³-hybridized carbons (Fsp3) is 0.0714. The third kappa shape index (κ3) is 1.92. The van der Waals surface area contributed by atoms with Crippen molar-refractivity contribution in [3.8, 4) is 5.69 Å². The Hall–Kier alpha value is -1.78. The van der Waals surface area contributed by atoms with Crippen LogP contribution in [0.5, 0.6) is 0 Å². The number of nitrogens with two attached hydrogens (primary N) is 1. The largest absolute Gasteiger partial charge is 0.369 e. The lowest BCUT2D eigenvalue weighted by Crippen LogP contribution is -2.03. The van der Waals surface area contributed by atoms with Gasteiger partial charge in [0, 0.05) is 6.07 Å². The zero-order valence-corrected chi connectivity index (χ0v) is 12.0. The zero-order chi connectivity index (χ0) is 14.4. The fourth-order valence-corrected chi connectivity index (χ4v) is 2.70. The first-order chi connectivity index (χ1) is 9.49. The van der Waals surface area contributed by atoms with Crippen LogP contribution in [0.2, 0.25) is 10.0 Å². The summed E-state index contributed by atoms with van der Waals surface area (Å²) in [6, 6.07) is 8.29. The Morgan fingerprint density at radius 2 is 1.95 bits per heavy atom. The molecular weight excluding hydrogens is 300 g/mol. The van der Waals surface area contributed by atoms with Gasteiger partial charge in [-0.05, 0) is 24.6 Å². The number of nitrogen functional groups attached to an aromatic ring is 1. The van der Waals surface area contributed by atoms with Crippen LogP contribution in [-0.4, -0.2) is 9.55 Å². The van der Waals surface area contributed by atoms with Crippen molar-refractivity contribution in [3.63, 3.8) is 0 Å². The third-order valence-corrected chi connectivity index (χ3v) is 3.73. The highest BCUT2D eigenvalue weighted by molar-refractivity contribution is 6.33. The van der Waals surface area contributed by atoms with Crippen molar-refractivity contribution in [1.29, 1.82) is 0 Å². The maximum absolute atomic E-state index is 13.5. The zero-order valence-electron chi connectivity index (χ0n) is 10.5. The van der Waals surface area contributed by atoms with Crippen molar-refractivity contribution < 1.29 is 4.39 Å². The number of nitrogens with zero attached hydrogens (tertiary/aromatic N) is 2. The van der Waals surface area contributed by atoms with Gasteiger partial charge in [-0.25, -0.2) is 9.37 Å². The van der Waals surface area contributed by atoms with Crippen LogP contribution in [0.25, 0.3) is 16.7 Å². The minimum Gasteiger partial charge on any atom is -0.369 e. The van der Waals surface area contributed by atoms with Gasteiger partial charge in [0.25, 0.3) is 0 Å². The van der Waals surface area contributed by atoms with Crippen molar-refractivity contribution in [1.82, 2.24) is 9.55 Å². The van der Waals surface area contributed by atoms with Gasteiger partial charge in [0.1, 0.15) is 5.82 Å².